The van der Waals surface area contributed by atoms with Crippen molar-refractivity contribution >= 4 is 18.1 Å². The van der Waals surface area contributed by atoms with E-state index in [2.05, 4.69) is 10.6 Å². The largest absolute Gasteiger partial charge is 0.350 e. The molecule has 0 aromatic heterocycles. The minimum atomic E-state index is -0.670. The van der Waals surface area contributed by atoms with E-state index in [0.29, 0.717) is 31.4 Å². The second-order valence-electron chi connectivity index (χ2n) is 5.69. The average molecular weight is 338 g/mol. The van der Waals surface area contributed by atoms with Crippen molar-refractivity contribution < 1.29 is 14.4 Å². The van der Waals surface area contributed by atoms with Crippen molar-refractivity contribution in [2.75, 3.05) is 0 Å². The molecular weight excluding hydrogens is 316 g/mol. The SMILES string of the molecule is O=CCCCC(NC(=O)c1ccccc1)C(=O)NCc1ccccc1. The van der Waals surface area contributed by atoms with Gasteiger partial charge in [-0.15, -0.1) is 0 Å². The van der Waals surface area contributed by atoms with E-state index in [1.54, 1.807) is 24.3 Å². The Kier molecular flexibility index (Phi) is 7.38. The van der Waals surface area contributed by atoms with Crippen LogP contribution >= 0.6 is 0 Å². The maximum absolute atomic E-state index is 12.5. The van der Waals surface area contributed by atoms with Gasteiger partial charge in [0.1, 0.15) is 12.3 Å². The first-order valence-electron chi connectivity index (χ1n) is 8.32. The fourth-order valence-corrected chi connectivity index (χ4v) is 2.41. The summed E-state index contributed by atoms with van der Waals surface area (Å²) in [6.07, 6.45) is 2.14. The van der Waals surface area contributed by atoms with Crippen LogP contribution in [0.15, 0.2) is 60.7 Å². The predicted octanol–water partition coefficient (Wildman–Crippen LogP) is 2.47. The Balaban J connectivity index is 1.97. The monoisotopic (exact) mass is 338 g/mol. The third-order valence-electron chi connectivity index (χ3n) is 3.78. The van der Waals surface area contributed by atoms with Crippen LogP contribution < -0.4 is 10.6 Å². The summed E-state index contributed by atoms with van der Waals surface area (Å²) in [5.41, 5.74) is 1.48. The number of rotatable bonds is 9. The van der Waals surface area contributed by atoms with Crippen LogP contribution in [0.5, 0.6) is 0 Å². The molecule has 0 fully saturated rings. The van der Waals surface area contributed by atoms with Crippen molar-refractivity contribution in [2.45, 2.75) is 31.8 Å². The molecule has 1 atom stereocenters. The summed E-state index contributed by atoms with van der Waals surface area (Å²) in [5.74, 6) is -0.550. The van der Waals surface area contributed by atoms with Gasteiger partial charge in [-0.25, -0.2) is 0 Å². The molecule has 0 aliphatic heterocycles. The van der Waals surface area contributed by atoms with Gasteiger partial charge in [0.25, 0.3) is 5.91 Å². The van der Waals surface area contributed by atoms with Crippen molar-refractivity contribution in [3.05, 3.63) is 71.8 Å². The van der Waals surface area contributed by atoms with Gasteiger partial charge in [-0.1, -0.05) is 48.5 Å². The lowest BCUT2D eigenvalue weighted by Crippen LogP contribution is -2.46. The van der Waals surface area contributed by atoms with E-state index in [0.717, 1.165) is 11.8 Å². The van der Waals surface area contributed by atoms with Crippen LogP contribution in [0.4, 0.5) is 0 Å². The third kappa shape index (κ3) is 6.22. The van der Waals surface area contributed by atoms with Gasteiger partial charge in [0, 0.05) is 18.5 Å². The maximum atomic E-state index is 12.5. The van der Waals surface area contributed by atoms with Gasteiger partial charge in [-0.05, 0) is 30.5 Å². The molecule has 5 heteroatoms. The van der Waals surface area contributed by atoms with Gasteiger partial charge < -0.3 is 15.4 Å². The highest BCUT2D eigenvalue weighted by molar-refractivity contribution is 5.97. The molecule has 0 radical (unpaired) electrons. The molecule has 1 unspecified atom stereocenters. The number of hydrogen-bond acceptors (Lipinski definition) is 3. The van der Waals surface area contributed by atoms with Crippen LogP contribution in [-0.2, 0) is 16.1 Å². The number of unbranched alkanes of at least 4 members (excludes halogenated alkanes) is 1. The Hall–Kier alpha value is -2.95. The fraction of sp³-hybridized carbons (Fsp3) is 0.250. The summed E-state index contributed by atoms with van der Waals surface area (Å²) in [7, 11) is 0. The molecule has 0 heterocycles. The number of nitrogens with one attached hydrogen (secondary N) is 2. The van der Waals surface area contributed by atoms with Crippen LogP contribution in [0.1, 0.15) is 35.2 Å². The van der Waals surface area contributed by atoms with Crippen molar-refractivity contribution in [3.63, 3.8) is 0 Å². The number of carbonyl (C=O) groups excluding carboxylic acids is 3. The summed E-state index contributed by atoms with van der Waals surface area (Å²) in [6, 6.07) is 17.6. The fourth-order valence-electron chi connectivity index (χ4n) is 2.41. The van der Waals surface area contributed by atoms with E-state index >= 15 is 0 Å². The zero-order chi connectivity index (χ0) is 17.9. The number of hydrogen-bond donors (Lipinski definition) is 2. The summed E-state index contributed by atoms with van der Waals surface area (Å²) in [5, 5.41) is 5.60. The summed E-state index contributed by atoms with van der Waals surface area (Å²) in [4.78, 5) is 35.3. The van der Waals surface area contributed by atoms with Crippen LogP contribution in [0.25, 0.3) is 0 Å². The van der Waals surface area contributed by atoms with Gasteiger partial charge >= 0.3 is 0 Å². The van der Waals surface area contributed by atoms with Gasteiger partial charge in [0.05, 0.1) is 0 Å². The van der Waals surface area contributed by atoms with E-state index < -0.39 is 6.04 Å². The van der Waals surface area contributed by atoms with Gasteiger partial charge in [0.2, 0.25) is 5.91 Å². The molecule has 0 spiro atoms. The standard InChI is InChI=1S/C20H22N2O3/c23-14-8-7-13-18(22-19(24)17-11-5-2-6-12-17)20(25)21-15-16-9-3-1-4-10-16/h1-6,9-12,14,18H,7-8,13,15H2,(H,21,25)(H,22,24). The third-order valence-corrected chi connectivity index (χ3v) is 3.78. The topological polar surface area (TPSA) is 75.3 Å². The van der Waals surface area contributed by atoms with Crippen LogP contribution in [0.3, 0.4) is 0 Å². The van der Waals surface area contributed by atoms with Crippen molar-refractivity contribution in [1.29, 1.82) is 0 Å². The summed E-state index contributed by atoms with van der Waals surface area (Å²) >= 11 is 0. The molecule has 2 amide bonds. The molecule has 2 aromatic carbocycles. The predicted molar refractivity (Wildman–Crippen MR) is 95.9 cm³/mol. The molecular formula is C20H22N2O3. The molecule has 5 nitrogen and oxygen atoms in total. The lowest BCUT2D eigenvalue weighted by Gasteiger charge is -2.18. The van der Waals surface area contributed by atoms with E-state index in [4.69, 9.17) is 0 Å². The Bertz CT molecular complexity index is 687. The first-order valence-corrected chi connectivity index (χ1v) is 8.32. The quantitative estimate of drug-likeness (QED) is 0.545. The van der Waals surface area contributed by atoms with E-state index in [1.807, 2.05) is 36.4 Å². The number of amides is 2. The first kappa shape index (κ1) is 18.4. The van der Waals surface area contributed by atoms with Gasteiger partial charge in [-0.3, -0.25) is 9.59 Å². The van der Waals surface area contributed by atoms with Crippen molar-refractivity contribution in [2.24, 2.45) is 0 Å². The van der Waals surface area contributed by atoms with Crippen LogP contribution in [0.2, 0.25) is 0 Å². The van der Waals surface area contributed by atoms with Crippen molar-refractivity contribution in [1.82, 2.24) is 10.6 Å². The molecule has 25 heavy (non-hydrogen) atoms. The zero-order valence-electron chi connectivity index (χ0n) is 14.0. The molecule has 0 aliphatic rings. The Labute approximate surface area is 147 Å². The van der Waals surface area contributed by atoms with Gasteiger partial charge in [0.15, 0.2) is 0 Å². The second kappa shape index (κ2) is 10.0. The second-order valence-corrected chi connectivity index (χ2v) is 5.69. The molecule has 130 valence electrons. The van der Waals surface area contributed by atoms with Crippen molar-refractivity contribution in [3.8, 4) is 0 Å². The highest BCUT2D eigenvalue weighted by Gasteiger charge is 2.20. The normalized spacial score (nSPS) is 11.4. The molecule has 0 bridgehead atoms. The van der Waals surface area contributed by atoms with Crippen LogP contribution in [-0.4, -0.2) is 24.1 Å². The maximum Gasteiger partial charge on any atom is 0.251 e. The highest BCUT2D eigenvalue weighted by atomic mass is 16.2. The zero-order valence-corrected chi connectivity index (χ0v) is 14.0. The molecule has 0 saturated heterocycles. The summed E-state index contributed by atoms with van der Waals surface area (Å²) in [6.45, 7) is 0.394. The smallest absolute Gasteiger partial charge is 0.251 e. The van der Waals surface area contributed by atoms with E-state index in [9.17, 15) is 14.4 Å². The lowest BCUT2D eigenvalue weighted by atomic mass is 10.1. The minimum absolute atomic E-state index is 0.251. The van der Waals surface area contributed by atoms with E-state index in [1.165, 1.54) is 0 Å². The van der Waals surface area contributed by atoms with Crippen LogP contribution in [0, 0.1) is 0 Å². The molecule has 2 aromatic rings. The highest BCUT2D eigenvalue weighted by Crippen LogP contribution is 2.05. The first-order chi connectivity index (χ1) is 12.2. The Morgan fingerprint density at radius 2 is 1.60 bits per heavy atom. The Morgan fingerprint density at radius 3 is 2.24 bits per heavy atom. The molecule has 0 saturated carbocycles. The van der Waals surface area contributed by atoms with E-state index in [-0.39, 0.29) is 11.8 Å². The minimum Gasteiger partial charge on any atom is -0.350 e. The number of benzene rings is 2. The molecule has 0 aliphatic carbocycles. The molecule has 2 N–H and O–H groups in total. The lowest BCUT2D eigenvalue weighted by molar-refractivity contribution is -0.123. The Morgan fingerprint density at radius 1 is 0.960 bits per heavy atom. The number of carbonyl (C=O) groups is 3. The van der Waals surface area contributed by atoms with Gasteiger partial charge in [-0.2, -0.15) is 0 Å². The number of aldehydes is 1. The summed E-state index contributed by atoms with van der Waals surface area (Å²) < 4.78 is 0. The average Bonchev–Trinajstić information content (AvgIpc) is 2.67. The molecule has 2 rings (SSSR count).